The number of benzene rings is 1. The molecule has 3 saturated heterocycles. The molecule has 1 aromatic rings. The second kappa shape index (κ2) is 13.8. The summed E-state index contributed by atoms with van der Waals surface area (Å²) in [6, 6.07) is 7.26. The lowest BCUT2D eigenvalue weighted by atomic mass is 9.29. The molecule has 2 N–H and O–H groups in total. The fourth-order valence-corrected chi connectivity index (χ4v) is 10.2. The van der Waals surface area contributed by atoms with Crippen LogP contribution in [0.25, 0.3) is 0 Å². The lowest BCUT2D eigenvalue weighted by Crippen LogP contribution is -2.71. The number of rotatable bonds is 8. The number of aryl methyl sites for hydroxylation is 1. The van der Waals surface area contributed by atoms with Crippen molar-refractivity contribution in [3.63, 3.8) is 0 Å². The van der Waals surface area contributed by atoms with Crippen molar-refractivity contribution >= 4 is 69.1 Å². The fourth-order valence-electron chi connectivity index (χ4n) is 8.85. The number of hydrogen-bond donors (Lipinski definition) is 2. The molecule has 0 aromatic heterocycles. The van der Waals surface area contributed by atoms with E-state index in [0.717, 1.165) is 31.4 Å². The predicted molar refractivity (Wildman–Crippen MR) is 198 cm³/mol. The lowest BCUT2D eigenvalue weighted by Gasteiger charge is -2.57. The van der Waals surface area contributed by atoms with Gasteiger partial charge < -0.3 is 15.3 Å². The molecule has 244 valence electrons. The summed E-state index contributed by atoms with van der Waals surface area (Å²) in [4.78, 5) is 23.6. The van der Waals surface area contributed by atoms with Gasteiger partial charge in [-0.1, -0.05) is 45.2 Å². The smallest absolute Gasteiger partial charge is 0.290 e. The summed E-state index contributed by atoms with van der Waals surface area (Å²) in [7, 11) is 29.5. The number of carbonyl (C=O) groups is 2. The number of hydrogen-bond acceptors (Lipinski definition) is 6. The van der Waals surface area contributed by atoms with Crippen LogP contribution in [0.5, 0.6) is 0 Å². The molecule has 2 saturated carbocycles. The molecule has 3 heterocycles. The van der Waals surface area contributed by atoms with Crippen LogP contribution < -0.4 is 10.2 Å². The minimum Gasteiger partial charge on any atom is -0.483 e. The second-order valence-corrected chi connectivity index (χ2v) is 17.3. The third-order valence-electron chi connectivity index (χ3n) is 12.7. The zero-order chi connectivity index (χ0) is 34.4. The van der Waals surface area contributed by atoms with Crippen molar-refractivity contribution < 1.29 is 14.7 Å². The molecule has 3 aliphatic heterocycles. The quantitative estimate of drug-likeness (QED) is 0.141. The summed E-state index contributed by atoms with van der Waals surface area (Å²) in [6.07, 6.45) is 8.25. The summed E-state index contributed by atoms with van der Waals surface area (Å²) in [5, 5.41) is 8.28. The van der Waals surface area contributed by atoms with Crippen LogP contribution in [0.2, 0.25) is 16.2 Å². The number of nitrogens with one attached hydrogen (secondary N) is 1. The van der Waals surface area contributed by atoms with Crippen molar-refractivity contribution in [2.75, 3.05) is 43.4 Å². The maximum Gasteiger partial charge on any atom is 0.290 e. The Hall–Kier alpha value is -1.25. The Morgan fingerprint density at radius 2 is 1.81 bits per heavy atom. The van der Waals surface area contributed by atoms with Crippen LogP contribution in [0.15, 0.2) is 18.2 Å². The Labute approximate surface area is 294 Å². The molecule has 3 aliphatic carbocycles. The highest BCUT2D eigenvalue weighted by atomic mass is 32.2. The molecule has 7 rings (SSSR count). The van der Waals surface area contributed by atoms with Gasteiger partial charge in [-0.25, -0.2) is 4.31 Å². The van der Waals surface area contributed by atoms with E-state index in [2.05, 4.69) is 53.5 Å². The fraction of sp³-hybridized carbons (Fsp3) is 0.771. The summed E-state index contributed by atoms with van der Waals surface area (Å²) < 4.78 is 2.41. The highest BCUT2D eigenvalue weighted by Gasteiger charge is 2.57. The predicted octanol–water partition coefficient (Wildman–Crippen LogP) is 4.61. The number of fused-ring (bicyclic) bond motifs is 5. The summed E-state index contributed by atoms with van der Waals surface area (Å²) >= 11 is 1.87. The lowest BCUT2D eigenvalue weighted by molar-refractivity contribution is -0.129. The zero-order valence-corrected chi connectivity index (χ0v) is 29.8. The van der Waals surface area contributed by atoms with Crippen molar-refractivity contribution in [3.8, 4) is 0 Å². The third kappa shape index (κ3) is 7.31. The first kappa shape index (κ1) is 37.0. The minimum atomic E-state index is -1.03. The Kier molecular flexibility index (Phi) is 10.9. The van der Waals surface area contributed by atoms with Crippen molar-refractivity contribution in [1.29, 1.82) is 0 Å². The van der Waals surface area contributed by atoms with Gasteiger partial charge in [-0.05, 0) is 98.7 Å². The van der Waals surface area contributed by atoms with Crippen molar-refractivity contribution in [2.45, 2.75) is 107 Å². The highest BCUT2D eigenvalue weighted by Crippen LogP contribution is 2.61. The van der Waals surface area contributed by atoms with Crippen LogP contribution in [0.3, 0.4) is 0 Å². The van der Waals surface area contributed by atoms with E-state index in [-0.39, 0.29) is 17.7 Å². The molecular formula is C35H50B5N3O3S. The molecule has 5 fully saturated rings. The van der Waals surface area contributed by atoms with Crippen molar-refractivity contribution in [2.24, 2.45) is 22.7 Å². The van der Waals surface area contributed by atoms with E-state index < -0.39 is 10.4 Å². The molecular weight excluding hydrogens is 597 g/mol. The summed E-state index contributed by atoms with van der Waals surface area (Å²) in [6.45, 7) is 14.1. The van der Waals surface area contributed by atoms with Gasteiger partial charge in [0.05, 0.1) is 39.2 Å². The standard InChI is InChI=1S/C23H29BN2O.C11H19B4NS.CH2O2/c1-22-7-6-17-16-5-3-15(26-12-23(13-26)10-25-11-23)8-14(16)2-4-18(17)19(22)9-20(24)21(22)27;1-4-9(2)8-16(9)17-7-5-6-11(14,15)10(3,12)13;2-1-3/h3,5,8,17-20,25H,2,4,6-7,9-13H2,1H3;4-8H2,1-3H3;1H,(H,2,3). The summed E-state index contributed by atoms with van der Waals surface area (Å²) in [5.41, 5.74) is 5.39. The molecule has 6 nitrogen and oxygen atoms in total. The van der Waals surface area contributed by atoms with Gasteiger partial charge in [0.25, 0.3) is 6.47 Å². The van der Waals surface area contributed by atoms with E-state index in [1.165, 1.54) is 57.7 Å². The molecule has 0 bridgehead atoms. The Morgan fingerprint density at radius 1 is 1.13 bits per heavy atom. The molecule has 7 unspecified atom stereocenters. The molecule has 1 spiro atoms. The number of anilines is 1. The average Bonchev–Trinajstić information content (AvgIpc) is 3.57. The first-order valence-electron chi connectivity index (χ1n) is 17.6. The van der Waals surface area contributed by atoms with E-state index >= 15 is 0 Å². The second-order valence-electron chi connectivity index (χ2n) is 16.2. The van der Waals surface area contributed by atoms with Crippen molar-refractivity contribution in [1.82, 2.24) is 9.62 Å². The normalized spacial score (nSPS) is 34.6. The van der Waals surface area contributed by atoms with E-state index in [1.54, 1.807) is 18.1 Å². The van der Waals surface area contributed by atoms with Gasteiger partial charge in [-0.15, -0.1) is 10.4 Å². The molecule has 12 heteroatoms. The zero-order valence-electron chi connectivity index (χ0n) is 29.0. The van der Waals surface area contributed by atoms with Gasteiger partial charge >= 0.3 is 0 Å². The maximum atomic E-state index is 12.7. The van der Waals surface area contributed by atoms with Crippen LogP contribution >= 0.6 is 11.9 Å². The van der Waals surface area contributed by atoms with E-state index in [1.807, 2.05) is 11.9 Å². The summed E-state index contributed by atoms with van der Waals surface area (Å²) in [5.74, 6) is 2.91. The molecule has 47 heavy (non-hydrogen) atoms. The Bertz CT molecular complexity index is 1300. The maximum absolute atomic E-state index is 12.7. The van der Waals surface area contributed by atoms with Gasteiger partial charge in [0.15, 0.2) is 0 Å². The van der Waals surface area contributed by atoms with Gasteiger partial charge in [0.1, 0.15) is 5.78 Å². The van der Waals surface area contributed by atoms with Gasteiger partial charge in [0, 0.05) is 60.5 Å². The molecule has 10 radical (unpaired) electrons. The van der Waals surface area contributed by atoms with Gasteiger partial charge in [-0.2, -0.15) is 0 Å². The minimum absolute atomic E-state index is 0.152. The largest absolute Gasteiger partial charge is 0.483 e. The van der Waals surface area contributed by atoms with Crippen molar-refractivity contribution in [3.05, 3.63) is 29.3 Å². The Morgan fingerprint density at radius 3 is 2.38 bits per heavy atom. The van der Waals surface area contributed by atoms with E-state index in [0.29, 0.717) is 40.9 Å². The SMILES string of the molecule is O=CO.[B]C([B])(C)C([B])([B])CCCSN1CC1(C)CC.[B]C1CC2C3CCc4cc(N5CC6(CNC6)C5)ccc4C3CCC2(C)C1=O. The van der Waals surface area contributed by atoms with Crippen LogP contribution in [0.4, 0.5) is 5.69 Å². The molecule has 0 amide bonds. The number of ketones is 1. The van der Waals surface area contributed by atoms with Gasteiger partial charge in [0.2, 0.25) is 0 Å². The van der Waals surface area contributed by atoms with Crippen LogP contribution in [-0.2, 0) is 16.0 Å². The molecule has 6 aliphatic rings. The number of nitrogens with zero attached hydrogens (tertiary/aromatic N) is 2. The first-order valence-corrected chi connectivity index (χ1v) is 18.5. The van der Waals surface area contributed by atoms with Crippen LogP contribution in [-0.4, -0.2) is 105 Å². The van der Waals surface area contributed by atoms with E-state index in [9.17, 15) is 4.79 Å². The monoisotopic (exact) mass is 647 g/mol. The van der Waals surface area contributed by atoms with Crippen LogP contribution in [0, 0.1) is 22.7 Å². The van der Waals surface area contributed by atoms with Crippen LogP contribution in [0.1, 0.15) is 89.7 Å². The molecule has 7 atom stereocenters. The Balaban J connectivity index is 0.000000188. The number of Topliss-reactive ketones (excluding diaryl/α,β-unsaturated/α-hetero) is 1. The topological polar surface area (TPSA) is 72.7 Å². The average molecular weight is 647 g/mol. The number of carboxylic acid groups (broad SMARTS) is 1. The third-order valence-corrected chi connectivity index (χ3v) is 14.0. The number of carbonyl (C=O) groups excluding carboxylic acids is 1. The highest BCUT2D eigenvalue weighted by molar-refractivity contribution is 7.97. The van der Waals surface area contributed by atoms with E-state index in [4.69, 9.17) is 49.1 Å². The molecule has 1 aromatic carbocycles. The van der Waals surface area contributed by atoms with Gasteiger partial charge in [-0.3, -0.25) is 9.59 Å². The first-order chi connectivity index (χ1) is 22.0.